The fourth-order valence-electron chi connectivity index (χ4n) is 1.21. The Morgan fingerprint density at radius 2 is 2.33 bits per heavy atom. The molecule has 0 saturated heterocycles. The number of fused-ring (bicyclic) bond motifs is 1. The maximum atomic E-state index is 5.43. The van der Waals surface area contributed by atoms with Crippen LogP contribution in [0, 0.1) is 0 Å². The second-order valence-corrected chi connectivity index (χ2v) is 2.61. The number of pyridine rings is 1. The van der Waals surface area contributed by atoms with Crippen molar-refractivity contribution in [2.24, 2.45) is 5.73 Å². The lowest BCUT2D eigenvalue weighted by molar-refractivity contribution is 0.831. The first-order chi connectivity index (χ1) is 5.92. The quantitative estimate of drug-likeness (QED) is 0.687. The van der Waals surface area contributed by atoms with E-state index in [1.54, 1.807) is 4.52 Å². The molecule has 0 aliphatic rings. The SMILES string of the molecule is NCCc1nnn2ccccc12. The molecule has 0 amide bonds. The van der Waals surface area contributed by atoms with Crippen LogP contribution in [0.5, 0.6) is 0 Å². The van der Waals surface area contributed by atoms with Gasteiger partial charge in [-0.3, -0.25) is 0 Å². The van der Waals surface area contributed by atoms with Crippen molar-refractivity contribution in [1.29, 1.82) is 0 Å². The van der Waals surface area contributed by atoms with Crippen molar-refractivity contribution in [2.75, 3.05) is 6.54 Å². The number of hydrogen-bond acceptors (Lipinski definition) is 3. The zero-order chi connectivity index (χ0) is 8.39. The van der Waals surface area contributed by atoms with Gasteiger partial charge in [-0.15, -0.1) is 5.10 Å². The molecule has 4 nitrogen and oxygen atoms in total. The number of nitrogens with zero attached hydrogens (tertiary/aromatic N) is 3. The lowest BCUT2D eigenvalue weighted by atomic mass is 10.2. The molecule has 4 heteroatoms. The van der Waals surface area contributed by atoms with Gasteiger partial charge in [-0.25, -0.2) is 4.52 Å². The Labute approximate surface area is 70.0 Å². The molecule has 0 bridgehead atoms. The van der Waals surface area contributed by atoms with E-state index in [9.17, 15) is 0 Å². The molecule has 12 heavy (non-hydrogen) atoms. The summed E-state index contributed by atoms with van der Waals surface area (Å²) >= 11 is 0. The Kier molecular flexibility index (Phi) is 1.75. The third-order valence-electron chi connectivity index (χ3n) is 1.78. The molecule has 0 radical (unpaired) electrons. The summed E-state index contributed by atoms with van der Waals surface area (Å²) in [7, 11) is 0. The minimum Gasteiger partial charge on any atom is -0.330 e. The molecular formula is C8H10N4. The van der Waals surface area contributed by atoms with Gasteiger partial charge in [-0.1, -0.05) is 11.3 Å². The third kappa shape index (κ3) is 1.06. The number of rotatable bonds is 2. The number of hydrogen-bond donors (Lipinski definition) is 1. The molecule has 0 aliphatic carbocycles. The van der Waals surface area contributed by atoms with E-state index in [1.165, 1.54) is 0 Å². The van der Waals surface area contributed by atoms with Crippen molar-refractivity contribution in [3.8, 4) is 0 Å². The fourth-order valence-corrected chi connectivity index (χ4v) is 1.21. The summed E-state index contributed by atoms with van der Waals surface area (Å²) in [5, 5.41) is 7.97. The van der Waals surface area contributed by atoms with Crippen LogP contribution in [-0.2, 0) is 6.42 Å². The summed E-state index contributed by atoms with van der Waals surface area (Å²) in [6.07, 6.45) is 2.66. The highest BCUT2D eigenvalue weighted by molar-refractivity contribution is 5.50. The van der Waals surface area contributed by atoms with Crippen LogP contribution in [0.4, 0.5) is 0 Å². The molecule has 0 fully saturated rings. The first kappa shape index (κ1) is 7.24. The zero-order valence-corrected chi connectivity index (χ0v) is 6.64. The maximum Gasteiger partial charge on any atom is 0.0917 e. The number of aromatic nitrogens is 3. The molecule has 0 saturated carbocycles. The zero-order valence-electron chi connectivity index (χ0n) is 6.64. The second kappa shape index (κ2) is 2.91. The van der Waals surface area contributed by atoms with Crippen molar-refractivity contribution in [2.45, 2.75) is 6.42 Å². The van der Waals surface area contributed by atoms with E-state index in [4.69, 9.17) is 5.73 Å². The summed E-state index contributed by atoms with van der Waals surface area (Å²) in [6.45, 7) is 0.614. The van der Waals surface area contributed by atoms with Crippen LogP contribution >= 0.6 is 0 Å². The van der Waals surface area contributed by atoms with Crippen LogP contribution in [0.2, 0.25) is 0 Å². The molecular weight excluding hydrogens is 152 g/mol. The molecule has 0 aliphatic heterocycles. The van der Waals surface area contributed by atoms with Gasteiger partial charge in [0.15, 0.2) is 0 Å². The predicted molar refractivity (Wildman–Crippen MR) is 45.7 cm³/mol. The standard InChI is InChI=1S/C8H10N4/c9-5-4-7-8-3-1-2-6-12(8)11-10-7/h1-3,6H,4-5,9H2. The van der Waals surface area contributed by atoms with E-state index in [1.807, 2.05) is 24.4 Å². The second-order valence-electron chi connectivity index (χ2n) is 2.61. The average Bonchev–Trinajstić information content (AvgIpc) is 2.50. The topological polar surface area (TPSA) is 56.2 Å². The lowest BCUT2D eigenvalue weighted by Gasteiger charge is -1.92. The molecule has 0 atom stereocenters. The molecule has 62 valence electrons. The van der Waals surface area contributed by atoms with Crippen LogP contribution in [0.15, 0.2) is 24.4 Å². The van der Waals surface area contributed by atoms with E-state index in [2.05, 4.69) is 10.3 Å². The van der Waals surface area contributed by atoms with E-state index in [0.717, 1.165) is 17.6 Å². The van der Waals surface area contributed by atoms with Gasteiger partial charge in [-0.05, 0) is 18.7 Å². The first-order valence-corrected chi connectivity index (χ1v) is 3.91. The molecule has 0 unspecified atom stereocenters. The smallest absolute Gasteiger partial charge is 0.0917 e. The van der Waals surface area contributed by atoms with Gasteiger partial charge in [0.2, 0.25) is 0 Å². The van der Waals surface area contributed by atoms with Gasteiger partial charge in [0.1, 0.15) is 0 Å². The summed E-state index contributed by atoms with van der Waals surface area (Å²) in [5.74, 6) is 0. The minimum atomic E-state index is 0.614. The van der Waals surface area contributed by atoms with Gasteiger partial charge in [0.25, 0.3) is 0 Å². The van der Waals surface area contributed by atoms with Crippen molar-refractivity contribution in [3.63, 3.8) is 0 Å². The fraction of sp³-hybridized carbons (Fsp3) is 0.250. The van der Waals surface area contributed by atoms with E-state index in [-0.39, 0.29) is 0 Å². The van der Waals surface area contributed by atoms with Gasteiger partial charge >= 0.3 is 0 Å². The average molecular weight is 162 g/mol. The Hall–Kier alpha value is -1.42. The molecule has 2 heterocycles. The Bertz CT molecular complexity index is 379. The number of nitrogens with two attached hydrogens (primary N) is 1. The van der Waals surface area contributed by atoms with E-state index in [0.29, 0.717) is 6.54 Å². The monoisotopic (exact) mass is 162 g/mol. The van der Waals surface area contributed by atoms with Gasteiger partial charge in [-0.2, -0.15) is 0 Å². The van der Waals surface area contributed by atoms with E-state index >= 15 is 0 Å². The molecule has 0 spiro atoms. The summed E-state index contributed by atoms with van der Waals surface area (Å²) < 4.78 is 1.75. The maximum absolute atomic E-state index is 5.43. The molecule has 0 aromatic carbocycles. The van der Waals surface area contributed by atoms with Crippen LogP contribution < -0.4 is 5.73 Å². The highest BCUT2D eigenvalue weighted by Gasteiger charge is 2.02. The van der Waals surface area contributed by atoms with Gasteiger partial charge in [0.05, 0.1) is 11.2 Å². The van der Waals surface area contributed by atoms with Crippen molar-refractivity contribution in [1.82, 2.24) is 14.8 Å². The largest absolute Gasteiger partial charge is 0.330 e. The molecule has 2 rings (SSSR count). The predicted octanol–water partition coefficient (Wildman–Crippen LogP) is 0.230. The van der Waals surface area contributed by atoms with Gasteiger partial charge in [0, 0.05) is 12.6 Å². The summed E-state index contributed by atoms with van der Waals surface area (Å²) in [6, 6.07) is 5.89. The molecule has 2 aromatic heterocycles. The minimum absolute atomic E-state index is 0.614. The normalized spacial score (nSPS) is 10.8. The Morgan fingerprint density at radius 1 is 1.42 bits per heavy atom. The highest BCUT2D eigenvalue weighted by Crippen LogP contribution is 2.06. The molecule has 2 aromatic rings. The van der Waals surface area contributed by atoms with Crippen LogP contribution in [0.3, 0.4) is 0 Å². The van der Waals surface area contributed by atoms with Crippen molar-refractivity contribution in [3.05, 3.63) is 30.1 Å². The summed E-state index contributed by atoms with van der Waals surface area (Å²) in [4.78, 5) is 0. The van der Waals surface area contributed by atoms with E-state index < -0.39 is 0 Å². The third-order valence-corrected chi connectivity index (χ3v) is 1.78. The Morgan fingerprint density at radius 3 is 3.17 bits per heavy atom. The first-order valence-electron chi connectivity index (χ1n) is 3.91. The van der Waals surface area contributed by atoms with Crippen molar-refractivity contribution >= 4 is 5.52 Å². The lowest BCUT2D eigenvalue weighted by Crippen LogP contribution is -2.03. The van der Waals surface area contributed by atoms with Crippen LogP contribution in [-0.4, -0.2) is 21.4 Å². The Balaban J connectivity index is 2.55. The van der Waals surface area contributed by atoms with Crippen molar-refractivity contribution < 1.29 is 0 Å². The highest BCUT2D eigenvalue weighted by atomic mass is 15.4. The van der Waals surface area contributed by atoms with Crippen LogP contribution in [0.1, 0.15) is 5.69 Å². The summed E-state index contributed by atoms with van der Waals surface area (Å²) in [5.41, 5.74) is 7.45. The molecule has 2 N–H and O–H groups in total. The van der Waals surface area contributed by atoms with Gasteiger partial charge < -0.3 is 5.73 Å². The van der Waals surface area contributed by atoms with Crippen LogP contribution in [0.25, 0.3) is 5.52 Å².